The fourth-order valence-electron chi connectivity index (χ4n) is 4.53. The third-order valence-electron chi connectivity index (χ3n) is 5.98. The Morgan fingerprint density at radius 3 is 2.24 bits per heavy atom. The van der Waals surface area contributed by atoms with Crippen LogP contribution in [0, 0.1) is 0 Å². The molecule has 2 aromatic rings. The Hall–Kier alpha value is -2.47. The monoisotopic (exact) mass is 465 g/mol. The molecule has 0 unspecified atom stereocenters. The molecule has 0 aliphatic carbocycles. The first kappa shape index (κ1) is 26.1. The normalized spacial score (nSPS) is 21.7. The minimum Gasteiger partial charge on any atom is -0.460 e. The molecule has 1 aliphatic heterocycles. The zero-order valence-corrected chi connectivity index (χ0v) is 21.4. The maximum Gasteiger partial charge on any atom is 0.308 e. The van der Waals surface area contributed by atoms with Crippen molar-refractivity contribution in [2.45, 2.75) is 90.2 Å². The summed E-state index contributed by atoms with van der Waals surface area (Å²) in [6.07, 6.45) is 1.23. The molecule has 5 nitrogen and oxygen atoms in total. The van der Waals surface area contributed by atoms with E-state index in [0.717, 1.165) is 5.56 Å². The van der Waals surface area contributed by atoms with Crippen LogP contribution < -0.4 is 0 Å². The first-order valence-corrected chi connectivity index (χ1v) is 12.0. The van der Waals surface area contributed by atoms with Crippen molar-refractivity contribution >= 4 is 5.97 Å². The van der Waals surface area contributed by atoms with E-state index in [1.807, 2.05) is 71.0 Å². The summed E-state index contributed by atoms with van der Waals surface area (Å²) in [4.78, 5) is 15.5. The van der Waals surface area contributed by atoms with Crippen molar-refractivity contribution in [3.8, 4) is 0 Å². The highest BCUT2D eigenvalue weighted by Gasteiger charge is 2.47. The van der Waals surface area contributed by atoms with Gasteiger partial charge in [-0.3, -0.25) is 9.69 Å². The summed E-state index contributed by atoms with van der Waals surface area (Å²) < 4.78 is 18.3. The van der Waals surface area contributed by atoms with E-state index < -0.39 is 11.4 Å². The van der Waals surface area contributed by atoms with Gasteiger partial charge in [0.15, 0.2) is 5.79 Å². The molecule has 0 saturated carbocycles. The molecule has 184 valence electrons. The van der Waals surface area contributed by atoms with Crippen LogP contribution in [0.25, 0.3) is 0 Å². The van der Waals surface area contributed by atoms with Gasteiger partial charge in [0.2, 0.25) is 0 Å². The van der Waals surface area contributed by atoms with Crippen LogP contribution in [0.3, 0.4) is 0 Å². The number of nitrogens with zero attached hydrogens (tertiary/aromatic N) is 1. The SMILES string of the molecule is C=C[C@H]1OC(C)(C)O[C@@H]1[C@H](CC(=O)OC(C)(C)C)N(Cc1ccccc1)[C@H](C)c1ccccc1. The highest BCUT2D eigenvalue weighted by atomic mass is 16.8. The Labute approximate surface area is 204 Å². The number of hydrogen-bond acceptors (Lipinski definition) is 5. The molecule has 5 heteroatoms. The van der Waals surface area contributed by atoms with Crippen molar-refractivity contribution in [2.24, 2.45) is 0 Å². The van der Waals surface area contributed by atoms with Gasteiger partial charge in [0.25, 0.3) is 0 Å². The molecule has 1 fully saturated rings. The molecule has 0 aromatic heterocycles. The molecule has 1 aliphatic rings. The third kappa shape index (κ3) is 7.02. The van der Waals surface area contributed by atoms with E-state index in [9.17, 15) is 4.79 Å². The van der Waals surface area contributed by atoms with E-state index in [4.69, 9.17) is 14.2 Å². The van der Waals surface area contributed by atoms with Gasteiger partial charge in [-0.1, -0.05) is 66.7 Å². The summed E-state index contributed by atoms with van der Waals surface area (Å²) in [6.45, 7) is 16.3. The summed E-state index contributed by atoms with van der Waals surface area (Å²) in [7, 11) is 0. The largest absolute Gasteiger partial charge is 0.460 e. The number of carbonyl (C=O) groups is 1. The Balaban J connectivity index is 2.03. The van der Waals surface area contributed by atoms with Gasteiger partial charge in [-0.05, 0) is 52.7 Å². The van der Waals surface area contributed by atoms with Gasteiger partial charge in [-0.25, -0.2) is 0 Å². The molecule has 4 atom stereocenters. The zero-order chi connectivity index (χ0) is 24.9. The Kier molecular flexibility index (Phi) is 8.34. The summed E-state index contributed by atoms with van der Waals surface area (Å²) in [5.41, 5.74) is 1.76. The highest BCUT2D eigenvalue weighted by molar-refractivity contribution is 5.70. The fraction of sp³-hybridized carbons (Fsp3) is 0.483. The van der Waals surface area contributed by atoms with Crippen LogP contribution in [0.15, 0.2) is 73.3 Å². The molecule has 34 heavy (non-hydrogen) atoms. The predicted octanol–water partition coefficient (Wildman–Crippen LogP) is 6.06. The second kappa shape index (κ2) is 10.9. The van der Waals surface area contributed by atoms with Gasteiger partial charge in [-0.2, -0.15) is 0 Å². The maximum absolute atomic E-state index is 13.1. The lowest BCUT2D eigenvalue weighted by Gasteiger charge is -2.40. The average Bonchev–Trinajstić information content (AvgIpc) is 3.10. The van der Waals surface area contributed by atoms with Crippen LogP contribution >= 0.6 is 0 Å². The molecule has 2 aromatic carbocycles. The smallest absolute Gasteiger partial charge is 0.308 e. The van der Waals surface area contributed by atoms with Gasteiger partial charge in [0.05, 0.1) is 12.5 Å². The standard InChI is InChI=1S/C29H39NO4/c1-8-25-27(34-29(6,7)32-25)24(19-26(31)33-28(3,4)5)30(20-22-15-11-9-12-16-22)21(2)23-17-13-10-14-18-23/h8-18,21,24-25,27H,1,19-20H2,2-7H3/t21-,24+,25-,27-/m1/s1. The number of hydrogen-bond donors (Lipinski definition) is 0. The Bertz CT molecular complexity index is 936. The molecule has 3 rings (SSSR count). The summed E-state index contributed by atoms with van der Waals surface area (Å²) >= 11 is 0. The summed E-state index contributed by atoms with van der Waals surface area (Å²) in [6, 6.07) is 20.4. The van der Waals surface area contributed by atoms with Crippen molar-refractivity contribution in [2.75, 3.05) is 0 Å². The van der Waals surface area contributed by atoms with Crippen molar-refractivity contribution in [3.63, 3.8) is 0 Å². The average molecular weight is 466 g/mol. The number of esters is 1. The van der Waals surface area contributed by atoms with Crippen LogP contribution in [0.2, 0.25) is 0 Å². The lowest BCUT2D eigenvalue weighted by molar-refractivity contribution is -0.164. The minimum absolute atomic E-state index is 0.0200. The van der Waals surface area contributed by atoms with Gasteiger partial charge in [-0.15, -0.1) is 6.58 Å². The van der Waals surface area contributed by atoms with Gasteiger partial charge in [0.1, 0.15) is 17.8 Å². The van der Waals surface area contributed by atoms with Crippen LogP contribution in [0.5, 0.6) is 0 Å². The van der Waals surface area contributed by atoms with E-state index in [-0.39, 0.29) is 36.7 Å². The Morgan fingerprint density at radius 2 is 1.68 bits per heavy atom. The quantitative estimate of drug-likeness (QED) is 0.333. The predicted molar refractivity (Wildman–Crippen MR) is 135 cm³/mol. The molecular formula is C29H39NO4. The maximum atomic E-state index is 13.1. The Morgan fingerprint density at radius 1 is 1.09 bits per heavy atom. The second-order valence-corrected chi connectivity index (χ2v) is 10.4. The van der Waals surface area contributed by atoms with Crippen molar-refractivity contribution in [1.29, 1.82) is 0 Å². The molecule has 0 bridgehead atoms. The van der Waals surface area contributed by atoms with Crippen molar-refractivity contribution < 1.29 is 19.0 Å². The number of rotatable bonds is 9. The van der Waals surface area contributed by atoms with Crippen LogP contribution in [0.1, 0.15) is 65.1 Å². The molecule has 0 amide bonds. The molecule has 1 heterocycles. The highest BCUT2D eigenvalue weighted by Crippen LogP contribution is 2.37. The van der Waals surface area contributed by atoms with E-state index in [0.29, 0.717) is 6.54 Å². The van der Waals surface area contributed by atoms with Crippen LogP contribution in [-0.2, 0) is 25.5 Å². The first-order chi connectivity index (χ1) is 16.0. The van der Waals surface area contributed by atoms with E-state index in [2.05, 4.69) is 42.7 Å². The van der Waals surface area contributed by atoms with Crippen LogP contribution in [0.4, 0.5) is 0 Å². The summed E-state index contributed by atoms with van der Waals surface area (Å²) in [5, 5.41) is 0. The molecule has 0 spiro atoms. The molecular weight excluding hydrogens is 426 g/mol. The molecule has 0 N–H and O–H groups in total. The first-order valence-electron chi connectivity index (χ1n) is 12.0. The lowest BCUT2D eigenvalue weighted by Crippen LogP contribution is -2.49. The number of ether oxygens (including phenoxy) is 3. The topological polar surface area (TPSA) is 48.0 Å². The van der Waals surface area contributed by atoms with E-state index >= 15 is 0 Å². The van der Waals surface area contributed by atoms with Crippen LogP contribution in [-0.4, -0.2) is 40.5 Å². The third-order valence-corrected chi connectivity index (χ3v) is 5.98. The number of benzene rings is 2. The second-order valence-electron chi connectivity index (χ2n) is 10.4. The lowest BCUT2D eigenvalue weighted by atomic mass is 9.95. The molecule has 1 saturated heterocycles. The molecule has 0 radical (unpaired) electrons. The fourth-order valence-corrected chi connectivity index (χ4v) is 4.53. The summed E-state index contributed by atoms with van der Waals surface area (Å²) in [5.74, 6) is -1.03. The van der Waals surface area contributed by atoms with E-state index in [1.165, 1.54) is 5.56 Å². The van der Waals surface area contributed by atoms with Gasteiger partial charge >= 0.3 is 5.97 Å². The number of carbonyl (C=O) groups excluding carboxylic acids is 1. The van der Waals surface area contributed by atoms with Gasteiger partial charge < -0.3 is 14.2 Å². The van der Waals surface area contributed by atoms with Gasteiger partial charge in [0, 0.05) is 12.6 Å². The van der Waals surface area contributed by atoms with E-state index in [1.54, 1.807) is 6.08 Å². The van der Waals surface area contributed by atoms with Crippen molar-refractivity contribution in [3.05, 3.63) is 84.4 Å². The van der Waals surface area contributed by atoms with Crippen molar-refractivity contribution in [1.82, 2.24) is 4.90 Å². The minimum atomic E-state index is -0.774. The zero-order valence-electron chi connectivity index (χ0n) is 21.4.